The van der Waals surface area contributed by atoms with Gasteiger partial charge >= 0.3 is 0 Å². The third-order valence-electron chi connectivity index (χ3n) is 4.68. The first-order valence-electron chi connectivity index (χ1n) is 10.7. The van der Waals surface area contributed by atoms with Gasteiger partial charge in [0, 0.05) is 6.42 Å². The number of carbonyl (C=O) groups excluding carboxylic acids is 1. The summed E-state index contributed by atoms with van der Waals surface area (Å²) in [6.45, 7) is 2.27. The smallest absolute Gasteiger partial charge is 0.217 e. The molecule has 0 fully saturated rings. The van der Waals surface area contributed by atoms with Crippen LogP contribution in [-0.2, 0) is 4.79 Å². The summed E-state index contributed by atoms with van der Waals surface area (Å²) < 4.78 is 0. The van der Waals surface area contributed by atoms with Gasteiger partial charge < -0.3 is 5.73 Å². The molecule has 0 spiro atoms. The van der Waals surface area contributed by atoms with Crippen LogP contribution in [0.3, 0.4) is 0 Å². The molecule has 142 valence electrons. The first-order valence-corrected chi connectivity index (χ1v) is 10.7. The van der Waals surface area contributed by atoms with E-state index in [1.54, 1.807) is 0 Å². The van der Waals surface area contributed by atoms with Crippen molar-refractivity contribution in [2.24, 2.45) is 5.73 Å². The quantitative estimate of drug-likeness (QED) is 0.199. The van der Waals surface area contributed by atoms with Crippen LogP contribution in [0.25, 0.3) is 0 Å². The van der Waals surface area contributed by atoms with Gasteiger partial charge in [-0.1, -0.05) is 96.1 Å². The Hall–Kier alpha value is -0.790. The van der Waals surface area contributed by atoms with Crippen LogP contribution in [0.1, 0.15) is 122 Å². The number of nitrogens with two attached hydrogens (primary N) is 1. The van der Waals surface area contributed by atoms with Crippen molar-refractivity contribution in [3.63, 3.8) is 0 Å². The van der Waals surface area contributed by atoms with Crippen LogP contribution in [0.5, 0.6) is 0 Å². The van der Waals surface area contributed by atoms with Gasteiger partial charge in [0.2, 0.25) is 5.91 Å². The number of rotatable bonds is 19. The molecule has 0 saturated carbocycles. The molecule has 0 aliphatic carbocycles. The molecule has 0 aromatic carbocycles. The summed E-state index contributed by atoms with van der Waals surface area (Å²) in [4.78, 5) is 10.6. The summed E-state index contributed by atoms with van der Waals surface area (Å²) in [5, 5.41) is 0. The molecule has 24 heavy (non-hydrogen) atoms. The van der Waals surface area contributed by atoms with Crippen LogP contribution in [0.4, 0.5) is 0 Å². The van der Waals surface area contributed by atoms with E-state index in [-0.39, 0.29) is 5.91 Å². The Balaban J connectivity index is 3.05. The summed E-state index contributed by atoms with van der Waals surface area (Å²) in [6, 6.07) is 0. The third kappa shape index (κ3) is 21.2. The van der Waals surface area contributed by atoms with Crippen molar-refractivity contribution in [1.82, 2.24) is 0 Å². The van der Waals surface area contributed by atoms with E-state index in [2.05, 4.69) is 19.1 Å². The maximum Gasteiger partial charge on any atom is 0.217 e. The summed E-state index contributed by atoms with van der Waals surface area (Å²) in [5.41, 5.74) is 5.13. The number of amides is 1. The molecule has 0 aliphatic heterocycles. The normalized spacial score (nSPS) is 11.4. The molecular formula is C22H43NO. The van der Waals surface area contributed by atoms with Crippen molar-refractivity contribution in [3.8, 4) is 0 Å². The van der Waals surface area contributed by atoms with E-state index in [1.807, 2.05) is 0 Å². The van der Waals surface area contributed by atoms with Crippen molar-refractivity contribution in [1.29, 1.82) is 0 Å². The minimum absolute atomic E-state index is 0.156. The Bertz CT molecular complexity index is 286. The van der Waals surface area contributed by atoms with E-state index < -0.39 is 0 Å². The summed E-state index contributed by atoms with van der Waals surface area (Å²) in [6.07, 6.45) is 27.8. The molecule has 2 heteroatoms. The molecule has 0 radical (unpaired) electrons. The maximum absolute atomic E-state index is 10.6. The Morgan fingerprint density at radius 3 is 1.42 bits per heavy atom. The summed E-state index contributed by atoms with van der Waals surface area (Å²) in [5.74, 6) is -0.156. The molecule has 0 aliphatic rings. The minimum Gasteiger partial charge on any atom is -0.370 e. The van der Waals surface area contributed by atoms with E-state index in [0.717, 1.165) is 12.8 Å². The van der Waals surface area contributed by atoms with Crippen LogP contribution in [0.15, 0.2) is 12.2 Å². The molecule has 1 amide bonds. The molecule has 2 nitrogen and oxygen atoms in total. The van der Waals surface area contributed by atoms with Gasteiger partial charge in [-0.3, -0.25) is 4.79 Å². The second kappa shape index (κ2) is 20.3. The Labute approximate surface area is 151 Å². The maximum atomic E-state index is 10.6. The fourth-order valence-corrected chi connectivity index (χ4v) is 3.08. The van der Waals surface area contributed by atoms with Gasteiger partial charge in [0.15, 0.2) is 0 Å². The zero-order chi connectivity index (χ0) is 17.7. The number of hydrogen-bond donors (Lipinski definition) is 1. The highest BCUT2D eigenvalue weighted by Crippen LogP contribution is 2.12. The van der Waals surface area contributed by atoms with Crippen LogP contribution in [-0.4, -0.2) is 5.91 Å². The van der Waals surface area contributed by atoms with Crippen molar-refractivity contribution in [2.45, 2.75) is 122 Å². The van der Waals surface area contributed by atoms with Gasteiger partial charge in [0.05, 0.1) is 0 Å². The number of allylic oxidation sites excluding steroid dienone is 2. The highest BCUT2D eigenvalue weighted by Gasteiger charge is 1.95. The average Bonchev–Trinajstić information content (AvgIpc) is 2.56. The van der Waals surface area contributed by atoms with Gasteiger partial charge in [-0.05, 0) is 32.1 Å². The van der Waals surface area contributed by atoms with Crippen molar-refractivity contribution >= 4 is 5.91 Å². The zero-order valence-electron chi connectivity index (χ0n) is 16.4. The third-order valence-corrected chi connectivity index (χ3v) is 4.68. The molecule has 0 unspecified atom stereocenters. The number of primary amides is 1. The van der Waals surface area contributed by atoms with Crippen LogP contribution < -0.4 is 5.73 Å². The fourth-order valence-electron chi connectivity index (χ4n) is 3.08. The lowest BCUT2D eigenvalue weighted by atomic mass is 10.0. The standard InChI is InChI=1S/C22H43NO/c1-2-3-4-5-6-7-8-9-10-11-12-13-14-15-16-17-18-19-20-21-22(23)24/h8-9H,2-7,10-21H2,1H3,(H2,23,24). The minimum atomic E-state index is -0.156. The number of hydrogen-bond acceptors (Lipinski definition) is 1. The van der Waals surface area contributed by atoms with Crippen LogP contribution >= 0.6 is 0 Å². The van der Waals surface area contributed by atoms with E-state index in [1.165, 1.54) is 96.3 Å². The molecule has 0 heterocycles. The number of carbonyl (C=O) groups is 1. The molecular weight excluding hydrogens is 294 g/mol. The predicted molar refractivity (Wildman–Crippen MR) is 107 cm³/mol. The second-order valence-corrected chi connectivity index (χ2v) is 7.21. The molecule has 0 aromatic rings. The summed E-state index contributed by atoms with van der Waals surface area (Å²) in [7, 11) is 0. The van der Waals surface area contributed by atoms with Crippen molar-refractivity contribution in [2.75, 3.05) is 0 Å². The van der Waals surface area contributed by atoms with Gasteiger partial charge in [-0.15, -0.1) is 0 Å². The molecule has 0 atom stereocenters. The highest BCUT2D eigenvalue weighted by molar-refractivity contribution is 5.73. The monoisotopic (exact) mass is 337 g/mol. The van der Waals surface area contributed by atoms with Gasteiger partial charge in [0.1, 0.15) is 0 Å². The molecule has 2 N–H and O–H groups in total. The highest BCUT2D eigenvalue weighted by atomic mass is 16.1. The lowest BCUT2D eigenvalue weighted by Crippen LogP contribution is -2.09. The molecule has 0 aromatic heterocycles. The Kier molecular flexibility index (Phi) is 19.6. The topological polar surface area (TPSA) is 43.1 Å². The predicted octanol–water partition coefficient (Wildman–Crippen LogP) is 7.07. The largest absolute Gasteiger partial charge is 0.370 e. The SMILES string of the molecule is CCCCCCCC=CCCCCCCCCCCCCC(N)=O. The first kappa shape index (κ1) is 23.2. The van der Waals surface area contributed by atoms with Crippen LogP contribution in [0.2, 0.25) is 0 Å². The Morgan fingerprint density at radius 1 is 0.625 bits per heavy atom. The number of unbranched alkanes of at least 4 members (excludes halogenated alkanes) is 15. The first-order chi connectivity index (χ1) is 11.8. The Morgan fingerprint density at radius 2 is 1.00 bits per heavy atom. The lowest BCUT2D eigenvalue weighted by molar-refractivity contribution is -0.118. The van der Waals surface area contributed by atoms with Crippen molar-refractivity contribution in [3.05, 3.63) is 12.2 Å². The average molecular weight is 338 g/mol. The van der Waals surface area contributed by atoms with Gasteiger partial charge in [0.25, 0.3) is 0 Å². The molecule has 0 saturated heterocycles. The van der Waals surface area contributed by atoms with Crippen LogP contribution in [0, 0.1) is 0 Å². The molecule has 0 bridgehead atoms. The van der Waals surface area contributed by atoms with Gasteiger partial charge in [-0.2, -0.15) is 0 Å². The molecule has 0 rings (SSSR count). The summed E-state index contributed by atoms with van der Waals surface area (Å²) >= 11 is 0. The van der Waals surface area contributed by atoms with E-state index in [9.17, 15) is 4.79 Å². The van der Waals surface area contributed by atoms with Crippen molar-refractivity contribution < 1.29 is 4.79 Å². The fraction of sp³-hybridized carbons (Fsp3) is 0.864. The lowest BCUT2D eigenvalue weighted by Gasteiger charge is -2.02. The van der Waals surface area contributed by atoms with E-state index in [4.69, 9.17) is 5.73 Å². The zero-order valence-corrected chi connectivity index (χ0v) is 16.4. The van der Waals surface area contributed by atoms with E-state index >= 15 is 0 Å². The van der Waals surface area contributed by atoms with Gasteiger partial charge in [-0.25, -0.2) is 0 Å². The second-order valence-electron chi connectivity index (χ2n) is 7.21. The van der Waals surface area contributed by atoms with E-state index in [0.29, 0.717) is 6.42 Å².